The Morgan fingerprint density at radius 3 is 2.67 bits per heavy atom. The minimum Gasteiger partial charge on any atom is -0.259 e. The fourth-order valence-corrected chi connectivity index (χ4v) is 1.34. The molecule has 0 aliphatic rings. The van der Waals surface area contributed by atoms with Crippen LogP contribution in [0.25, 0.3) is 0 Å². The van der Waals surface area contributed by atoms with E-state index >= 15 is 0 Å². The summed E-state index contributed by atoms with van der Waals surface area (Å²) < 4.78 is 10.9. The van der Waals surface area contributed by atoms with Crippen molar-refractivity contribution in [3.63, 3.8) is 0 Å². The zero-order valence-electron chi connectivity index (χ0n) is 5.76. The van der Waals surface area contributed by atoms with E-state index in [0.717, 1.165) is 0 Å². The van der Waals surface area contributed by atoms with Crippen LogP contribution in [-0.4, -0.2) is 15.2 Å². The average molecular weight is 145 g/mol. The highest BCUT2D eigenvalue weighted by Gasteiger charge is 2.06. The van der Waals surface area contributed by atoms with Crippen molar-refractivity contribution < 1.29 is 4.21 Å². The standard InChI is InChI=1S/C6H11NOS/c1-3-9(8)6(2)4-5-7/h6H,3-4H2,1-2H3. The molecule has 0 heterocycles. The largest absolute Gasteiger partial charge is 0.259 e. The highest BCUT2D eigenvalue weighted by atomic mass is 32.2. The molecule has 0 aliphatic heterocycles. The number of hydrogen-bond donors (Lipinski definition) is 0. The van der Waals surface area contributed by atoms with Gasteiger partial charge in [0.15, 0.2) is 0 Å². The van der Waals surface area contributed by atoms with Crippen molar-refractivity contribution in [1.29, 1.82) is 5.26 Å². The maximum absolute atomic E-state index is 10.9. The Balaban J connectivity index is 3.62. The summed E-state index contributed by atoms with van der Waals surface area (Å²) in [5, 5.41) is 8.24. The molecule has 0 fully saturated rings. The highest BCUT2D eigenvalue weighted by molar-refractivity contribution is 7.85. The van der Waals surface area contributed by atoms with Gasteiger partial charge in [-0.2, -0.15) is 5.26 Å². The van der Waals surface area contributed by atoms with Crippen LogP contribution in [0.3, 0.4) is 0 Å². The van der Waals surface area contributed by atoms with Gasteiger partial charge in [-0.1, -0.05) is 6.92 Å². The van der Waals surface area contributed by atoms with Gasteiger partial charge in [-0.15, -0.1) is 0 Å². The predicted octanol–water partition coefficient (Wildman–Crippen LogP) is 1.06. The van der Waals surface area contributed by atoms with Crippen molar-refractivity contribution in [2.45, 2.75) is 25.5 Å². The van der Waals surface area contributed by atoms with Crippen LogP contribution in [0.15, 0.2) is 0 Å². The van der Waals surface area contributed by atoms with Gasteiger partial charge in [0.1, 0.15) is 0 Å². The Morgan fingerprint density at radius 1 is 1.78 bits per heavy atom. The second-order valence-corrected chi connectivity index (χ2v) is 3.99. The molecule has 0 aromatic heterocycles. The van der Waals surface area contributed by atoms with Crippen LogP contribution in [0.4, 0.5) is 0 Å². The van der Waals surface area contributed by atoms with Crippen LogP contribution in [0.1, 0.15) is 20.3 Å². The van der Waals surface area contributed by atoms with E-state index in [1.54, 1.807) is 0 Å². The van der Waals surface area contributed by atoms with Crippen LogP contribution < -0.4 is 0 Å². The highest BCUT2D eigenvalue weighted by Crippen LogP contribution is 1.99. The van der Waals surface area contributed by atoms with Gasteiger partial charge in [-0.3, -0.25) is 4.21 Å². The molecule has 0 spiro atoms. The molecule has 0 bridgehead atoms. The maximum Gasteiger partial charge on any atom is 0.0634 e. The monoisotopic (exact) mass is 145 g/mol. The maximum atomic E-state index is 10.9. The molecule has 0 aromatic rings. The molecule has 3 heteroatoms. The Bertz CT molecular complexity index is 138. The first-order valence-electron chi connectivity index (χ1n) is 2.96. The second kappa shape index (κ2) is 4.51. The van der Waals surface area contributed by atoms with Crippen LogP contribution in [0.5, 0.6) is 0 Å². The van der Waals surface area contributed by atoms with Gasteiger partial charge in [-0.25, -0.2) is 0 Å². The third-order valence-corrected chi connectivity index (χ3v) is 2.75. The zero-order valence-corrected chi connectivity index (χ0v) is 6.57. The van der Waals surface area contributed by atoms with Crippen molar-refractivity contribution >= 4 is 10.8 Å². The van der Waals surface area contributed by atoms with Gasteiger partial charge in [0.25, 0.3) is 0 Å². The van der Waals surface area contributed by atoms with Crippen molar-refractivity contribution in [3.05, 3.63) is 0 Å². The second-order valence-electron chi connectivity index (χ2n) is 1.84. The summed E-state index contributed by atoms with van der Waals surface area (Å²) in [7, 11) is -0.794. The van der Waals surface area contributed by atoms with Crippen LogP contribution in [0, 0.1) is 11.3 Å². The van der Waals surface area contributed by atoms with Crippen molar-refractivity contribution in [3.8, 4) is 6.07 Å². The molecule has 0 amide bonds. The van der Waals surface area contributed by atoms with Gasteiger partial charge in [-0.05, 0) is 6.92 Å². The smallest absolute Gasteiger partial charge is 0.0634 e. The predicted molar refractivity (Wildman–Crippen MR) is 38.4 cm³/mol. The minimum absolute atomic E-state index is 0.0417. The van der Waals surface area contributed by atoms with Crippen LogP contribution in [-0.2, 0) is 10.8 Å². The molecule has 0 aromatic carbocycles. The third-order valence-electron chi connectivity index (χ3n) is 1.11. The molecule has 52 valence electrons. The van der Waals surface area contributed by atoms with E-state index in [4.69, 9.17) is 5.26 Å². The summed E-state index contributed by atoms with van der Waals surface area (Å²) in [4.78, 5) is 0. The molecule has 0 radical (unpaired) electrons. The molecule has 0 N–H and O–H groups in total. The van der Waals surface area contributed by atoms with Gasteiger partial charge in [0.05, 0.1) is 6.07 Å². The fourth-order valence-electron chi connectivity index (χ4n) is 0.506. The lowest BCUT2D eigenvalue weighted by Gasteiger charge is -2.02. The summed E-state index contributed by atoms with van der Waals surface area (Å²) in [6.07, 6.45) is 0.403. The van der Waals surface area contributed by atoms with Crippen molar-refractivity contribution in [2.75, 3.05) is 5.75 Å². The van der Waals surface area contributed by atoms with Crippen LogP contribution in [0.2, 0.25) is 0 Å². The third kappa shape index (κ3) is 3.26. The Hall–Kier alpha value is -0.360. The lowest BCUT2D eigenvalue weighted by Crippen LogP contribution is -2.10. The molecule has 0 rings (SSSR count). The summed E-state index contributed by atoms with van der Waals surface area (Å²) in [5.41, 5.74) is 0. The molecule has 0 aliphatic carbocycles. The van der Waals surface area contributed by atoms with E-state index in [-0.39, 0.29) is 5.25 Å². The first kappa shape index (κ1) is 8.64. The van der Waals surface area contributed by atoms with E-state index in [9.17, 15) is 4.21 Å². The molecular weight excluding hydrogens is 134 g/mol. The van der Waals surface area contributed by atoms with E-state index in [1.165, 1.54) is 0 Å². The number of nitriles is 1. The molecule has 0 saturated carbocycles. The first-order chi connectivity index (χ1) is 4.22. The quantitative estimate of drug-likeness (QED) is 0.595. The Kier molecular flexibility index (Phi) is 4.33. The number of hydrogen-bond acceptors (Lipinski definition) is 2. The SMILES string of the molecule is CCS(=O)C(C)CC#N. The van der Waals surface area contributed by atoms with E-state index in [1.807, 2.05) is 19.9 Å². The normalized spacial score (nSPS) is 16.1. The lowest BCUT2D eigenvalue weighted by molar-refractivity contribution is 0.674. The van der Waals surface area contributed by atoms with E-state index in [0.29, 0.717) is 12.2 Å². The zero-order chi connectivity index (χ0) is 7.28. The summed E-state index contributed by atoms with van der Waals surface area (Å²) in [5.74, 6) is 0.656. The molecular formula is C6H11NOS. The molecule has 2 atom stereocenters. The molecule has 9 heavy (non-hydrogen) atoms. The van der Waals surface area contributed by atoms with Gasteiger partial charge < -0.3 is 0 Å². The minimum atomic E-state index is -0.794. The lowest BCUT2D eigenvalue weighted by atomic mass is 10.4. The topological polar surface area (TPSA) is 40.9 Å². The summed E-state index contributed by atoms with van der Waals surface area (Å²) >= 11 is 0. The van der Waals surface area contributed by atoms with Gasteiger partial charge in [0.2, 0.25) is 0 Å². The number of nitrogens with zero attached hydrogens (tertiary/aromatic N) is 1. The fraction of sp³-hybridized carbons (Fsp3) is 0.833. The summed E-state index contributed by atoms with van der Waals surface area (Å²) in [6, 6.07) is 1.99. The van der Waals surface area contributed by atoms with E-state index in [2.05, 4.69) is 0 Å². The van der Waals surface area contributed by atoms with Crippen molar-refractivity contribution in [1.82, 2.24) is 0 Å². The van der Waals surface area contributed by atoms with E-state index < -0.39 is 10.8 Å². The molecule has 2 nitrogen and oxygen atoms in total. The molecule has 0 saturated heterocycles. The first-order valence-corrected chi connectivity index (χ1v) is 4.34. The molecule has 2 unspecified atom stereocenters. The van der Waals surface area contributed by atoms with Gasteiger partial charge in [0, 0.05) is 28.2 Å². The van der Waals surface area contributed by atoms with Gasteiger partial charge >= 0.3 is 0 Å². The number of rotatable bonds is 3. The summed E-state index contributed by atoms with van der Waals surface area (Å²) in [6.45, 7) is 3.70. The van der Waals surface area contributed by atoms with Crippen molar-refractivity contribution in [2.24, 2.45) is 0 Å². The van der Waals surface area contributed by atoms with Crippen LogP contribution >= 0.6 is 0 Å². The Labute approximate surface area is 58.3 Å². The average Bonchev–Trinajstić information content (AvgIpc) is 1.87. The Morgan fingerprint density at radius 2 is 2.33 bits per heavy atom.